The van der Waals surface area contributed by atoms with Crippen LogP contribution >= 0.6 is 0 Å². The molecule has 1 aromatic rings. The van der Waals surface area contributed by atoms with Gasteiger partial charge < -0.3 is 9.64 Å². The Hall–Kier alpha value is -1.44. The number of nitrogens with zero attached hydrogens (tertiary/aromatic N) is 1. The topological polar surface area (TPSA) is 12.5 Å². The van der Waals surface area contributed by atoms with Gasteiger partial charge in [-0.1, -0.05) is 24.3 Å². The fourth-order valence-electron chi connectivity index (χ4n) is 2.04. The number of hydrogen-bond acceptors (Lipinski definition) is 2. The molecule has 1 aliphatic rings. The number of rotatable bonds is 2. The number of benzene rings is 1. The van der Waals surface area contributed by atoms with Crippen LogP contribution in [0, 0.1) is 0 Å². The van der Waals surface area contributed by atoms with Crippen LogP contribution < -0.4 is 9.64 Å². The van der Waals surface area contributed by atoms with Gasteiger partial charge in [-0.15, -0.1) is 0 Å². The standard InChI is InChI=1S/C13H17NO/c1-4-14-11-7-5-6-8-13(11)15-9-12(14)10(2)3/h5-8,12H,2,4,9H2,1,3H3. The molecule has 2 rings (SSSR count). The highest BCUT2D eigenvalue weighted by atomic mass is 16.5. The van der Waals surface area contributed by atoms with Crippen molar-refractivity contribution in [2.45, 2.75) is 19.9 Å². The molecule has 0 fully saturated rings. The summed E-state index contributed by atoms with van der Waals surface area (Å²) in [6.07, 6.45) is 0. The first-order valence-electron chi connectivity index (χ1n) is 5.38. The van der Waals surface area contributed by atoms with Crippen LogP contribution in [0.2, 0.25) is 0 Å². The fourth-order valence-corrected chi connectivity index (χ4v) is 2.04. The lowest BCUT2D eigenvalue weighted by atomic mass is 10.1. The molecule has 1 aliphatic heterocycles. The summed E-state index contributed by atoms with van der Waals surface area (Å²) in [4.78, 5) is 2.35. The van der Waals surface area contributed by atoms with E-state index < -0.39 is 0 Å². The summed E-state index contributed by atoms with van der Waals surface area (Å²) < 4.78 is 5.73. The molecule has 2 nitrogen and oxygen atoms in total. The van der Waals surface area contributed by atoms with E-state index in [4.69, 9.17) is 4.74 Å². The second-order valence-electron chi connectivity index (χ2n) is 3.93. The zero-order valence-corrected chi connectivity index (χ0v) is 9.36. The van der Waals surface area contributed by atoms with Gasteiger partial charge in [0.15, 0.2) is 0 Å². The highest BCUT2D eigenvalue weighted by Crippen LogP contribution is 2.34. The van der Waals surface area contributed by atoms with E-state index in [1.807, 2.05) is 18.2 Å². The van der Waals surface area contributed by atoms with Gasteiger partial charge >= 0.3 is 0 Å². The van der Waals surface area contributed by atoms with Crippen LogP contribution in [0.1, 0.15) is 13.8 Å². The van der Waals surface area contributed by atoms with E-state index in [9.17, 15) is 0 Å². The smallest absolute Gasteiger partial charge is 0.142 e. The largest absolute Gasteiger partial charge is 0.489 e. The van der Waals surface area contributed by atoms with E-state index >= 15 is 0 Å². The molecule has 15 heavy (non-hydrogen) atoms. The first-order chi connectivity index (χ1) is 7.24. The second kappa shape index (κ2) is 3.97. The van der Waals surface area contributed by atoms with Gasteiger partial charge in [-0.25, -0.2) is 0 Å². The average Bonchev–Trinajstić information content (AvgIpc) is 2.27. The molecule has 1 heterocycles. The van der Waals surface area contributed by atoms with Crippen molar-refractivity contribution in [3.63, 3.8) is 0 Å². The molecule has 0 saturated heterocycles. The van der Waals surface area contributed by atoms with E-state index in [2.05, 4.69) is 31.4 Å². The third-order valence-electron chi connectivity index (χ3n) is 2.86. The van der Waals surface area contributed by atoms with Crippen LogP contribution in [0.4, 0.5) is 5.69 Å². The lowest BCUT2D eigenvalue weighted by Crippen LogP contribution is -2.43. The summed E-state index contributed by atoms with van der Waals surface area (Å²) >= 11 is 0. The van der Waals surface area contributed by atoms with Crippen molar-refractivity contribution in [1.82, 2.24) is 0 Å². The summed E-state index contributed by atoms with van der Waals surface area (Å²) in [6, 6.07) is 8.49. The third kappa shape index (κ3) is 1.72. The molecule has 1 unspecified atom stereocenters. The minimum Gasteiger partial charge on any atom is -0.489 e. The predicted octanol–water partition coefficient (Wildman–Crippen LogP) is 2.85. The normalized spacial score (nSPS) is 19.3. The first kappa shape index (κ1) is 10.1. The molecule has 0 radical (unpaired) electrons. The lowest BCUT2D eigenvalue weighted by molar-refractivity contribution is 0.278. The van der Waals surface area contributed by atoms with Gasteiger partial charge in [0.25, 0.3) is 0 Å². The zero-order valence-electron chi connectivity index (χ0n) is 9.36. The summed E-state index contributed by atoms with van der Waals surface area (Å²) in [5, 5.41) is 0. The number of fused-ring (bicyclic) bond motifs is 1. The maximum Gasteiger partial charge on any atom is 0.142 e. The van der Waals surface area contributed by atoms with Crippen LogP contribution in [0.15, 0.2) is 36.4 Å². The van der Waals surface area contributed by atoms with Crippen molar-refractivity contribution in [1.29, 1.82) is 0 Å². The van der Waals surface area contributed by atoms with Crippen LogP contribution in [-0.4, -0.2) is 19.2 Å². The van der Waals surface area contributed by atoms with E-state index in [1.165, 1.54) is 5.69 Å². The number of ether oxygens (including phenoxy) is 1. The van der Waals surface area contributed by atoms with Crippen LogP contribution in [-0.2, 0) is 0 Å². The number of para-hydroxylation sites is 2. The van der Waals surface area contributed by atoms with Gasteiger partial charge in [0, 0.05) is 6.54 Å². The van der Waals surface area contributed by atoms with Gasteiger partial charge in [0.05, 0.1) is 11.7 Å². The highest BCUT2D eigenvalue weighted by Gasteiger charge is 2.26. The Kier molecular flexibility index (Phi) is 2.67. The molecular weight excluding hydrogens is 186 g/mol. The highest BCUT2D eigenvalue weighted by molar-refractivity contribution is 5.61. The lowest BCUT2D eigenvalue weighted by Gasteiger charge is -2.38. The Morgan fingerprint density at radius 3 is 2.93 bits per heavy atom. The molecule has 2 heteroatoms. The Labute approximate surface area is 91.2 Å². The average molecular weight is 203 g/mol. The Morgan fingerprint density at radius 2 is 2.27 bits per heavy atom. The summed E-state index contributed by atoms with van der Waals surface area (Å²) in [6.45, 7) is 9.95. The molecule has 80 valence electrons. The van der Waals surface area contributed by atoms with Crippen LogP contribution in [0.25, 0.3) is 0 Å². The number of likely N-dealkylation sites (N-methyl/N-ethyl adjacent to an activating group) is 1. The molecular formula is C13H17NO. The van der Waals surface area contributed by atoms with Gasteiger partial charge in [0.2, 0.25) is 0 Å². The Balaban J connectivity index is 2.38. The minimum atomic E-state index is 0.310. The molecule has 0 aromatic heterocycles. The van der Waals surface area contributed by atoms with E-state index in [0.29, 0.717) is 12.6 Å². The van der Waals surface area contributed by atoms with Crippen molar-refractivity contribution >= 4 is 5.69 Å². The van der Waals surface area contributed by atoms with Crippen LogP contribution in [0.3, 0.4) is 0 Å². The van der Waals surface area contributed by atoms with Crippen molar-refractivity contribution in [2.75, 3.05) is 18.1 Å². The zero-order chi connectivity index (χ0) is 10.8. The monoisotopic (exact) mass is 203 g/mol. The number of hydrogen-bond donors (Lipinski definition) is 0. The molecule has 1 atom stereocenters. The Morgan fingerprint density at radius 1 is 1.53 bits per heavy atom. The number of anilines is 1. The van der Waals surface area contributed by atoms with Crippen molar-refractivity contribution < 1.29 is 4.74 Å². The first-order valence-corrected chi connectivity index (χ1v) is 5.38. The van der Waals surface area contributed by atoms with Crippen molar-refractivity contribution in [3.8, 4) is 5.75 Å². The second-order valence-corrected chi connectivity index (χ2v) is 3.93. The molecule has 0 bridgehead atoms. The van der Waals surface area contributed by atoms with Crippen molar-refractivity contribution in [2.24, 2.45) is 0 Å². The van der Waals surface area contributed by atoms with Crippen LogP contribution in [0.5, 0.6) is 5.75 Å². The minimum absolute atomic E-state index is 0.310. The molecule has 0 aliphatic carbocycles. The molecule has 1 aromatic carbocycles. The quantitative estimate of drug-likeness (QED) is 0.685. The SMILES string of the molecule is C=C(C)C1COc2ccccc2N1CC. The van der Waals surface area contributed by atoms with Gasteiger partial charge in [-0.2, -0.15) is 0 Å². The predicted molar refractivity (Wildman–Crippen MR) is 63.6 cm³/mol. The summed E-state index contributed by atoms with van der Waals surface area (Å²) in [7, 11) is 0. The van der Waals surface area contributed by atoms with Crippen molar-refractivity contribution in [3.05, 3.63) is 36.4 Å². The van der Waals surface area contributed by atoms with Gasteiger partial charge in [-0.05, 0) is 26.0 Å². The maximum absolute atomic E-state index is 5.73. The van der Waals surface area contributed by atoms with E-state index in [-0.39, 0.29) is 0 Å². The third-order valence-corrected chi connectivity index (χ3v) is 2.86. The summed E-state index contributed by atoms with van der Waals surface area (Å²) in [5.74, 6) is 0.983. The molecule has 0 spiro atoms. The fraction of sp³-hybridized carbons (Fsp3) is 0.385. The van der Waals surface area contributed by atoms with Gasteiger partial charge in [-0.3, -0.25) is 0 Å². The van der Waals surface area contributed by atoms with E-state index in [1.54, 1.807) is 0 Å². The van der Waals surface area contributed by atoms with Gasteiger partial charge in [0.1, 0.15) is 12.4 Å². The molecule has 0 N–H and O–H groups in total. The molecule has 0 amide bonds. The van der Waals surface area contributed by atoms with E-state index in [0.717, 1.165) is 17.9 Å². The summed E-state index contributed by atoms with van der Waals surface area (Å²) in [5.41, 5.74) is 2.34. The Bertz CT molecular complexity index is 373. The maximum atomic E-state index is 5.73. The molecule has 0 saturated carbocycles.